The summed E-state index contributed by atoms with van der Waals surface area (Å²) in [6.07, 6.45) is 6.53. The lowest BCUT2D eigenvalue weighted by molar-refractivity contribution is 0.0697. The number of pyridine rings is 1. The van der Waals surface area contributed by atoms with Crippen molar-refractivity contribution in [2.24, 2.45) is 0 Å². The van der Waals surface area contributed by atoms with Crippen LogP contribution in [0.4, 0.5) is 5.82 Å². The van der Waals surface area contributed by atoms with Crippen LogP contribution < -0.4 is 5.32 Å². The van der Waals surface area contributed by atoms with Crippen LogP contribution in [0.5, 0.6) is 0 Å². The van der Waals surface area contributed by atoms with Gasteiger partial charge in [0.05, 0.1) is 16.6 Å². The van der Waals surface area contributed by atoms with E-state index in [1.807, 2.05) is 0 Å². The zero-order chi connectivity index (χ0) is 11.4. The Balaban J connectivity index is 3.06. The number of rotatable bonds is 3. The third-order valence-corrected chi connectivity index (χ3v) is 2.11. The summed E-state index contributed by atoms with van der Waals surface area (Å²) in [6, 6.07) is 1.06. The Labute approximate surface area is 92.3 Å². The van der Waals surface area contributed by atoms with Crippen LogP contribution in [0, 0.1) is 12.3 Å². The minimum absolute atomic E-state index is 0.00149. The van der Waals surface area contributed by atoms with Crippen LogP contribution in [-0.4, -0.2) is 22.1 Å². The highest BCUT2D eigenvalue weighted by atomic mass is 35.5. The van der Waals surface area contributed by atoms with Gasteiger partial charge in [-0.2, -0.15) is 0 Å². The molecule has 0 fully saturated rings. The fourth-order valence-electron chi connectivity index (χ4n) is 0.956. The molecule has 1 rings (SSSR count). The first-order valence-electron chi connectivity index (χ1n) is 4.16. The van der Waals surface area contributed by atoms with Gasteiger partial charge in [-0.05, 0) is 13.0 Å². The van der Waals surface area contributed by atoms with Gasteiger partial charge in [-0.25, -0.2) is 9.78 Å². The minimum atomic E-state index is -1.10. The van der Waals surface area contributed by atoms with Gasteiger partial charge in [-0.15, -0.1) is 6.42 Å². The summed E-state index contributed by atoms with van der Waals surface area (Å²) < 4.78 is 0. The molecule has 0 saturated carbocycles. The van der Waals surface area contributed by atoms with E-state index in [1.54, 1.807) is 6.92 Å². The molecule has 4 nitrogen and oxygen atoms in total. The molecule has 78 valence electrons. The third-order valence-electron chi connectivity index (χ3n) is 1.72. The Morgan fingerprint density at radius 2 is 2.47 bits per heavy atom. The van der Waals surface area contributed by atoms with Crippen molar-refractivity contribution in [1.29, 1.82) is 0 Å². The fraction of sp³-hybridized carbons (Fsp3) is 0.200. The number of anilines is 1. The zero-order valence-corrected chi connectivity index (χ0v) is 8.75. The summed E-state index contributed by atoms with van der Waals surface area (Å²) in [6.45, 7) is 1.74. The maximum Gasteiger partial charge on any atom is 0.337 e. The van der Waals surface area contributed by atoms with Crippen molar-refractivity contribution in [3.63, 3.8) is 0 Å². The van der Waals surface area contributed by atoms with E-state index in [1.165, 1.54) is 12.3 Å². The number of nitrogens with zero attached hydrogens (tertiary/aromatic N) is 1. The van der Waals surface area contributed by atoms with Crippen molar-refractivity contribution in [2.75, 3.05) is 5.32 Å². The molecular weight excluding hydrogens is 216 g/mol. The van der Waals surface area contributed by atoms with Crippen molar-refractivity contribution < 1.29 is 9.90 Å². The van der Waals surface area contributed by atoms with Crippen molar-refractivity contribution >= 4 is 23.4 Å². The van der Waals surface area contributed by atoms with Crippen molar-refractivity contribution in [3.05, 3.63) is 22.8 Å². The monoisotopic (exact) mass is 224 g/mol. The van der Waals surface area contributed by atoms with Gasteiger partial charge >= 0.3 is 5.97 Å². The van der Waals surface area contributed by atoms with E-state index in [2.05, 4.69) is 16.2 Å². The smallest absolute Gasteiger partial charge is 0.337 e. The quantitative estimate of drug-likeness (QED) is 0.770. The Kier molecular flexibility index (Phi) is 3.53. The predicted molar refractivity (Wildman–Crippen MR) is 58.1 cm³/mol. The number of carboxylic acids is 1. The van der Waals surface area contributed by atoms with Crippen LogP contribution in [0.3, 0.4) is 0 Å². The van der Waals surface area contributed by atoms with E-state index < -0.39 is 5.97 Å². The summed E-state index contributed by atoms with van der Waals surface area (Å²) in [5.41, 5.74) is -0.00149. The highest BCUT2D eigenvalue weighted by Crippen LogP contribution is 2.23. The molecule has 1 atom stereocenters. The van der Waals surface area contributed by atoms with Crippen LogP contribution >= 0.6 is 11.6 Å². The lowest BCUT2D eigenvalue weighted by Gasteiger charge is -2.10. The minimum Gasteiger partial charge on any atom is -0.478 e. The van der Waals surface area contributed by atoms with E-state index in [-0.39, 0.29) is 22.4 Å². The molecule has 0 bridgehead atoms. The molecule has 0 aliphatic rings. The van der Waals surface area contributed by atoms with Gasteiger partial charge in [0, 0.05) is 6.20 Å². The molecular formula is C10H9ClN2O2. The summed E-state index contributed by atoms with van der Waals surface area (Å²) in [5.74, 6) is 1.61. The van der Waals surface area contributed by atoms with Gasteiger partial charge in [-0.3, -0.25) is 0 Å². The molecule has 5 heteroatoms. The number of hydrogen-bond acceptors (Lipinski definition) is 3. The molecule has 1 aromatic heterocycles. The number of aromatic carboxylic acids is 1. The summed E-state index contributed by atoms with van der Waals surface area (Å²) in [7, 11) is 0. The zero-order valence-electron chi connectivity index (χ0n) is 7.99. The molecule has 1 unspecified atom stereocenters. The van der Waals surface area contributed by atoms with E-state index in [9.17, 15) is 4.79 Å². The normalized spacial score (nSPS) is 11.5. The number of nitrogens with one attached hydrogen (secondary N) is 1. The Bertz CT molecular complexity index is 426. The van der Waals surface area contributed by atoms with Crippen molar-refractivity contribution in [1.82, 2.24) is 4.98 Å². The second kappa shape index (κ2) is 4.67. The van der Waals surface area contributed by atoms with Crippen molar-refractivity contribution in [3.8, 4) is 12.3 Å². The lowest BCUT2D eigenvalue weighted by Crippen LogP contribution is -2.14. The number of terminal acetylenes is 1. The first-order chi connectivity index (χ1) is 7.06. The van der Waals surface area contributed by atoms with E-state index in [4.69, 9.17) is 23.1 Å². The van der Waals surface area contributed by atoms with E-state index >= 15 is 0 Å². The summed E-state index contributed by atoms with van der Waals surface area (Å²) >= 11 is 5.83. The lowest BCUT2D eigenvalue weighted by atomic mass is 10.2. The molecule has 0 spiro atoms. The Morgan fingerprint density at radius 3 is 3.00 bits per heavy atom. The second-order valence-corrected chi connectivity index (χ2v) is 3.24. The molecule has 15 heavy (non-hydrogen) atoms. The number of halogens is 1. The third kappa shape index (κ3) is 2.61. The van der Waals surface area contributed by atoms with Crippen LogP contribution in [-0.2, 0) is 0 Å². The summed E-state index contributed by atoms with van der Waals surface area (Å²) in [4.78, 5) is 14.7. The molecule has 2 N–H and O–H groups in total. The van der Waals surface area contributed by atoms with E-state index in [0.717, 1.165) is 0 Å². The van der Waals surface area contributed by atoms with Crippen LogP contribution in [0.2, 0.25) is 5.02 Å². The van der Waals surface area contributed by atoms with Gasteiger partial charge in [0.2, 0.25) is 0 Å². The molecule has 1 aromatic rings. The van der Waals surface area contributed by atoms with Gasteiger partial charge in [0.1, 0.15) is 5.82 Å². The Hall–Kier alpha value is -1.73. The number of carbonyl (C=O) groups is 1. The number of carboxylic acid groups (broad SMARTS) is 1. The molecule has 0 aliphatic heterocycles. The molecule has 0 radical (unpaired) electrons. The highest BCUT2D eigenvalue weighted by Gasteiger charge is 2.13. The molecule has 0 saturated heterocycles. The number of aromatic nitrogens is 1. The molecule has 1 heterocycles. The topological polar surface area (TPSA) is 62.2 Å². The highest BCUT2D eigenvalue weighted by molar-refractivity contribution is 6.35. The molecule has 0 amide bonds. The average Bonchev–Trinajstić information content (AvgIpc) is 2.20. The standard InChI is InChI=1S/C10H9ClN2O2/c1-3-6(2)13-9-8(11)7(10(14)15)4-5-12-9/h1,4-6H,2H3,(H,12,13)(H,14,15). The van der Waals surface area contributed by atoms with Crippen LogP contribution in [0.15, 0.2) is 12.3 Å². The predicted octanol–water partition coefficient (Wildman–Crippen LogP) is 1.87. The second-order valence-electron chi connectivity index (χ2n) is 2.86. The largest absolute Gasteiger partial charge is 0.478 e. The van der Waals surface area contributed by atoms with Crippen molar-refractivity contribution in [2.45, 2.75) is 13.0 Å². The van der Waals surface area contributed by atoms with Gasteiger partial charge in [0.15, 0.2) is 0 Å². The average molecular weight is 225 g/mol. The molecule has 0 aliphatic carbocycles. The van der Waals surface area contributed by atoms with Gasteiger partial charge in [0.25, 0.3) is 0 Å². The summed E-state index contributed by atoms with van der Waals surface area (Å²) in [5, 5.41) is 11.7. The van der Waals surface area contributed by atoms with Crippen LogP contribution in [0.1, 0.15) is 17.3 Å². The van der Waals surface area contributed by atoms with Gasteiger partial charge in [-0.1, -0.05) is 17.5 Å². The first kappa shape index (κ1) is 11.3. The maximum atomic E-state index is 10.7. The Morgan fingerprint density at radius 1 is 1.80 bits per heavy atom. The number of hydrogen-bond donors (Lipinski definition) is 2. The SMILES string of the molecule is C#CC(C)Nc1nccc(C(=O)O)c1Cl. The van der Waals surface area contributed by atoms with Crippen LogP contribution in [0.25, 0.3) is 0 Å². The van der Waals surface area contributed by atoms with E-state index in [0.29, 0.717) is 0 Å². The molecule has 0 aromatic carbocycles. The first-order valence-corrected chi connectivity index (χ1v) is 4.54. The van der Waals surface area contributed by atoms with Gasteiger partial charge < -0.3 is 10.4 Å². The fourth-order valence-corrected chi connectivity index (χ4v) is 1.20. The maximum absolute atomic E-state index is 10.7.